The molecule has 42 heavy (non-hydrogen) atoms. The van der Waals surface area contributed by atoms with Gasteiger partial charge in [-0.15, -0.1) is 0 Å². The molecule has 4 aliphatic rings. The van der Waals surface area contributed by atoms with Crippen molar-refractivity contribution in [3.8, 4) is 22.5 Å². The van der Waals surface area contributed by atoms with E-state index in [9.17, 15) is 9.59 Å². The van der Waals surface area contributed by atoms with Gasteiger partial charge in [-0.1, -0.05) is 76.2 Å². The van der Waals surface area contributed by atoms with Crippen molar-refractivity contribution >= 4 is 11.6 Å². The first-order valence-corrected chi connectivity index (χ1v) is 15.4. The van der Waals surface area contributed by atoms with Crippen LogP contribution in [0.3, 0.4) is 0 Å². The van der Waals surface area contributed by atoms with E-state index in [-0.39, 0.29) is 22.4 Å². The Hall–Kier alpha value is -3.92. The Labute approximate surface area is 248 Å². The number of fused-ring (bicyclic) bond motifs is 8. The van der Waals surface area contributed by atoms with Gasteiger partial charge in [-0.25, -0.2) is 0 Å². The van der Waals surface area contributed by atoms with E-state index < -0.39 is 0 Å². The SMILES string of the molecule is CC1(C)CC(=O)c2cc3c(nc2C1)-c1ccccc1CC3.CC1(C)CC(=O)c2cc3c(nc2C1)-c1ccccc1CC3. The molecule has 0 spiro atoms. The fraction of sp³-hybridized carbons (Fsp3) is 0.368. The largest absolute Gasteiger partial charge is 0.294 e. The Morgan fingerprint density at radius 3 is 1.31 bits per heavy atom. The first-order chi connectivity index (χ1) is 20.1. The number of carbonyl (C=O) groups excluding carboxylic acids is 2. The zero-order chi connectivity index (χ0) is 29.2. The van der Waals surface area contributed by atoms with Crippen LogP contribution in [0.2, 0.25) is 0 Å². The summed E-state index contributed by atoms with van der Waals surface area (Å²) >= 11 is 0. The third-order valence-corrected chi connectivity index (χ3v) is 9.40. The van der Waals surface area contributed by atoms with Gasteiger partial charge in [0.1, 0.15) is 0 Å². The van der Waals surface area contributed by atoms with Gasteiger partial charge in [-0.05, 0) is 83.7 Å². The van der Waals surface area contributed by atoms with Gasteiger partial charge in [-0.2, -0.15) is 0 Å². The molecule has 0 fully saturated rings. The Kier molecular flexibility index (Phi) is 6.31. The molecule has 2 aromatic heterocycles. The number of aryl methyl sites for hydroxylation is 4. The summed E-state index contributed by atoms with van der Waals surface area (Å²) in [6.45, 7) is 8.62. The maximum Gasteiger partial charge on any atom is 0.165 e. The Morgan fingerprint density at radius 1 is 0.500 bits per heavy atom. The first-order valence-electron chi connectivity index (χ1n) is 15.4. The molecule has 0 saturated heterocycles. The molecule has 4 aliphatic carbocycles. The lowest BCUT2D eigenvalue weighted by Gasteiger charge is -2.31. The van der Waals surface area contributed by atoms with Crippen LogP contribution in [0.15, 0.2) is 60.7 Å². The molecule has 4 aromatic rings. The number of rotatable bonds is 0. The molecule has 4 nitrogen and oxygen atoms in total. The maximum absolute atomic E-state index is 12.4. The highest BCUT2D eigenvalue weighted by molar-refractivity contribution is 6.00. The van der Waals surface area contributed by atoms with Crippen molar-refractivity contribution in [2.75, 3.05) is 0 Å². The molecule has 0 atom stereocenters. The van der Waals surface area contributed by atoms with Crippen LogP contribution in [-0.4, -0.2) is 21.5 Å². The Balaban J connectivity index is 0.000000137. The minimum atomic E-state index is 0.0273. The van der Waals surface area contributed by atoms with Crippen molar-refractivity contribution in [1.82, 2.24) is 9.97 Å². The smallest absolute Gasteiger partial charge is 0.165 e. The molecule has 0 amide bonds. The zero-order valence-electron chi connectivity index (χ0n) is 25.1. The van der Waals surface area contributed by atoms with Gasteiger partial charge in [0, 0.05) is 35.1 Å². The molecule has 0 aliphatic heterocycles. The van der Waals surface area contributed by atoms with Gasteiger partial charge >= 0.3 is 0 Å². The zero-order valence-corrected chi connectivity index (χ0v) is 25.1. The van der Waals surface area contributed by atoms with Crippen LogP contribution in [-0.2, 0) is 38.5 Å². The third-order valence-electron chi connectivity index (χ3n) is 9.40. The van der Waals surface area contributed by atoms with Gasteiger partial charge in [0.25, 0.3) is 0 Å². The highest BCUT2D eigenvalue weighted by atomic mass is 16.1. The summed E-state index contributed by atoms with van der Waals surface area (Å²) in [6, 6.07) is 21.3. The summed E-state index contributed by atoms with van der Waals surface area (Å²) in [5.41, 5.74) is 13.7. The van der Waals surface area contributed by atoms with Crippen molar-refractivity contribution < 1.29 is 9.59 Å². The number of nitrogens with zero attached hydrogens (tertiary/aromatic N) is 2. The number of hydrogen-bond acceptors (Lipinski definition) is 4. The number of benzene rings is 2. The number of carbonyl (C=O) groups is 2. The van der Waals surface area contributed by atoms with E-state index in [4.69, 9.17) is 9.97 Å². The lowest BCUT2D eigenvalue weighted by atomic mass is 9.74. The van der Waals surface area contributed by atoms with Gasteiger partial charge in [0.05, 0.1) is 22.8 Å². The van der Waals surface area contributed by atoms with Crippen LogP contribution in [0.25, 0.3) is 22.5 Å². The van der Waals surface area contributed by atoms with Crippen LogP contribution < -0.4 is 0 Å². The first kappa shape index (κ1) is 26.9. The van der Waals surface area contributed by atoms with E-state index in [0.717, 1.165) is 72.4 Å². The van der Waals surface area contributed by atoms with Gasteiger partial charge in [-0.3, -0.25) is 19.6 Å². The van der Waals surface area contributed by atoms with Crippen molar-refractivity contribution in [2.24, 2.45) is 10.8 Å². The summed E-state index contributed by atoms with van der Waals surface area (Å²) < 4.78 is 0. The molecule has 8 rings (SSSR count). The average Bonchev–Trinajstić information content (AvgIpc) is 2.95. The fourth-order valence-electron chi connectivity index (χ4n) is 7.35. The molecule has 0 bridgehead atoms. The van der Waals surface area contributed by atoms with Crippen LogP contribution in [0, 0.1) is 10.8 Å². The molecule has 2 aromatic carbocycles. The Bertz CT molecular complexity index is 1650. The summed E-state index contributed by atoms with van der Waals surface area (Å²) in [6.07, 6.45) is 7.13. The van der Waals surface area contributed by atoms with Crippen molar-refractivity contribution in [3.05, 3.63) is 105 Å². The van der Waals surface area contributed by atoms with E-state index in [1.807, 2.05) is 0 Å². The highest BCUT2D eigenvalue weighted by Gasteiger charge is 2.35. The van der Waals surface area contributed by atoms with Crippen LogP contribution in [0.5, 0.6) is 0 Å². The van der Waals surface area contributed by atoms with E-state index in [1.54, 1.807) is 0 Å². The molecule has 4 heteroatoms. The normalized spacial score (nSPS) is 18.7. The van der Waals surface area contributed by atoms with E-state index >= 15 is 0 Å². The number of ketones is 2. The van der Waals surface area contributed by atoms with Crippen LogP contribution >= 0.6 is 0 Å². The summed E-state index contributed by atoms with van der Waals surface area (Å²) in [4.78, 5) is 34.6. The van der Waals surface area contributed by atoms with Crippen molar-refractivity contribution in [1.29, 1.82) is 0 Å². The monoisotopic (exact) mass is 554 g/mol. The Morgan fingerprint density at radius 2 is 0.881 bits per heavy atom. The predicted octanol–water partition coefficient (Wildman–Crippen LogP) is 8.00. The second-order valence-electron chi connectivity index (χ2n) is 14.2. The summed E-state index contributed by atoms with van der Waals surface area (Å²) in [7, 11) is 0. The number of hydrogen-bond donors (Lipinski definition) is 0. The molecule has 2 heterocycles. The second-order valence-corrected chi connectivity index (χ2v) is 14.2. The molecule has 0 radical (unpaired) electrons. The molecular formula is C38H38N2O2. The summed E-state index contributed by atoms with van der Waals surface area (Å²) in [5.74, 6) is 0.519. The van der Waals surface area contributed by atoms with Crippen molar-refractivity contribution in [2.45, 2.75) is 79.1 Å². The second kappa shape index (κ2) is 9.83. The lowest BCUT2D eigenvalue weighted by molar-refractivity contribution is 0.0900. The highest BCUT2D eigenvalue weighted by Crippen LogP contribution is 2.40. The third kappa shape index (κ3) is 4.81. The van der Waals surface area contributed by atoms with Crippen molar-refractivity contribution in [3.63, 3.8) is 0 Å². The lowest BCUT2D eigenvalue weighted by Crippen LogP contribution is -2.28. The van der Waals surface area contributed by atoms with Gasteiger partial charge in [0.2, 0.25) is 0 Å². The predicted molar refractivity (Wildman–Crippen MR) is 167 cm³/mol. The minimum absolute atomic E-state index is 0.0273. The van der Waals surface area contributed by atoms with E-state index in [2.05, 4.69) is 88.4 Å². The average molecular weight is 555 g/mol. The molecule has 0 unspecified atom stereocenters. The number of Topliss-reactive ketones (excluding diaryl/α,β-unsaturated/α-hetero) is 2. The molecule has 0 saturated carbocycles. The standard InChI is InChI=1S/2C19H19NO/c2*1-19(2)10-16-15(17(21)11-19)9-13-8-7-12-5-3-4-6-14(12)18(13)20-16/h2*3-6,9H,7-8,10-11H2,1-2H3. The topological polar surface area (TPSA) is 59.9 Å². The molecule has 212 valence electrons. The van der Waals surface area contributed by atoms with Gasteiger partial charge < -0.3 is 0 Å². The van der Waals surface area contributed by atoms with E-state index in [1.165, 1.54) is 33.4 Å². The van der Waals surface area contributed by atoms with E-state index in [0.29, 0.717) is 12.8 Å². The summed E-state index contributed by atoms with van der Waals surface area (Å²) in [5, 5.41) is 0. The quantitative estimate of drug-likeness (QED) is 0.221. The fourth-order valence-corrected chi connectivity index (χ4v) is 7.35. The molecule has 0 N–H and O–H groups in total. The number of aromatic nitrogens is 2. The maximum atomic E-state index is 12.4. The number of pyridine rings is 2. The van der Waals surface area contributed by atoms with Crippen LogP contribution in [0.4, 0.5) is 0 Å². The molecular weight excluding hydrogens is 516 g/mol. The minimum Gasteiger partial charge on any atom is -0.294 e. The van der Waals surface area contributed by atoms with Gasteiger partial charge in [0.15, 0.2) is 11.6 Å². The van der Waals surface area contributed by atoms with Crippen LogP contribution in [0.1, 0.15) is 94.9 Å².